The number of hydrogen-bond donors (Lipinski definition) is 1. The maximum atomic E-state index is 11.3. The largest absolute Gasteiger partial charge is 0.507 e. The van der Waals surface area contributed by atoms with Crippen LogP contribution in [0, 0.1) is 6.92 Å². The lowest BCUT2D eigenvalue weighted by atomic mass is 10.1. The van der Waals surface area contributed by atoms with E-state index in [-0.39, 0.29) is 18.2 Å². The smallest absolute Gasteiger partial charge is 0.339 e. The van der Waals surface area contributed by atoms with Gasteiger partial charge in [-0.3, -0.25) is 0 Å². The molecule has 1 N–H and O–H groups in total. The van der Waals surface area contributed by atoms with Gasteiger partial charge in [-0.05, 0) is 33.2 Å². The summed E-state index contributed by atoms with van der Waals surface area (Å²) >= 11 is 0. The van der Waals surface area contributed by atoms with Gasteiger partial charge in [0.2, 0.25) is 0 Å². The summed E-state index contributed by atoms with van der Waals surface area (Å²) in [6.45, 7) is 3.14. The van der Waals surface area contributed by atoms with Crippen LogP contribution in [0.5, 0.6) is 11.5 Å². The van der Waals surface area contributed by atoms with Gasteiger partial charge < -0.3 is 19.2 Å². The highest BCUT2D eigenvalue weighted by molar-refractivity contribution is 5.87. The molecule has 0 radical (unpaired) electrons. The Kier molecular flexibility index (Phi) is 5.42. The molecule has 2 rings (SSSR count). The number of rotatable bonds is 4. The quantitative estimate of drug-likeness (QED) is 0.877. The predicted octanol–water partition coefficient (Wildman–Crippen LogP) is 2.17. The van der Waals surface area contributed by atoms with E-state index in [1.54, 1.807) is 19.1 Å². The first-order valence-corrected chi connectivity index (χ1v) is 6.03. The number of benzene rings is 1. The van der Waals surface area contributed by atoms with Gasteiger partial charge in [0.1, 0.15) is 23.7 Å². The van der Waals surface area contributed by atoms with E-state index in [0.29, 0.717) is 28.9 Å². The molecule has 0 bridgehead atoms. The zero-order chi connectivity index (χ0) is 14.0. The molecular weight excluding hydrogens is 282 g/mol. The van der Waals surface area contributed by atoms with Crippen LogP contribution in [0.2, 0.25) is 0 Å². The average Bonchev–Trinajstić information content (AvgIpc) is 2.32. The van der Waals surface area contributed by atoms with Crippen LogP contribution in [-0.4, -0.2) is 37.3 Å². The first-order chi connectivity index (χ1) is 8.99. The number of ether oxygens (including phenoxy) is 1. The van der Waals surface area contributed by atoms with Crippen molar-refractivity contribution in [1.29, 1.82) is 0 Å². The first kappa shape index (κ1) is 16.3. The molecule has 110 valence electrons. The summed E-state index contributed by atoms with van der Waals surface area (Å²) in [5.41, 5.74) is 0.509. The number of aromatic hydroxyl groups is 1. The zero-order valence-corrected chi connectivity index (χ0v) is 12.5. The van der Waals surface area contributed by atoms with Gasteiger partial charge in [0.15, 0.2) is 0 Å². The number of nitrogens with zero attached hydrogens (tertiary/aromatic N) is 1. The van der Waals surface area contributed by atoms with E-state index in [9.17, 15) is 9.90 Å². The molecule has 5 nitrogen and oxygen atoms in total. The Morgan fingerprint density at radius 1 is 1.35 bits per heavy atom. The van der Waals surface area contributed by atoms with E-state index in [2.05, 4.69) is 0 Å². The van der Waals surface area contributed by atoms with Crippen LogP contribution in [-0.2, 0) is 0 Å². The molecule has 0 fully saturated rings. The highest BCUT2D eigenvalue weighted by Gasteiger charge is 2.11. The van der Waals surface area contributed by atoms with Crippen LogP contribution < -0.4 is 10.4 Å². The third-order valence-electron chi connectivity index (χ3n) is 2.89. The van der Waals surface area contributed by atoms with Crippen molar-refractivity contribution in [2.75, 3.05) is 27.2 Å². The molecule has 0 atom stereocenters. The molecule has 0 saturated heterocycles. The summed E-state index contributed by atoms with van der Waals surface area (Å²) in [7, 11) is 3.93. The second-order valence-electron chi connectivity index (χ2n) is 4.67. The van der Waals surface area contributed by atoms with Crippen LogP contribution in [0.3, 0.4) is 0 Å². The summed E-state index contributed by atoms with van der Waals surface area (Å²) in [5, 5.41) is 10.2. The van der Waals surface area contributed by atoms with E-state index in [1.165, 1.54) is 0 Å². The number of likely N-dealkylation sites (N-methyl/N-ethyl adjacent to an activating group) is 1. The average molecular weight is 300 g/mol. The van der Waals surface area contributed by atoms with E-state index >= 15 is 0 Å². The van der Waals surface area contributed by atoms with Gasteiger partial charge in [-0.25, -0.2) is 4.79 Å². The second kappa shape index (κ2) is 6.63. The Hall–Kier alpha value is -1.72. The summed E-state index contributed by atoms with van der Waals surface area (Å²) in [5.74, 6) is 0.581. The fraction of sp³-hybridized carbons (Fsp3) is 0.357. The molecule has 0 amide bonds. The molecule has 20 heavy (non-hydrogen) atoms. The molecule has 0 aliphatic heterocycles. The van der Waals surface area contributed by atoms with Crippen LogP contribution in [0.1, 0.15) is 5.56 Å². The SMILES string of the molecule is Cc1c(OCCN(C)C)ccc2c(O)cc(=O)oc12.Cl. The summed E-state index contributed by atoms with van der Waals surface area (Å²) in [6, 6.07) is 4.52. The molecule has 1 aromatic heterocycles. The van der Waals surface area contributed by atoms with Gasteiger partial charge in [0, 0.05) is 12.1 Å². The predicted molar refractivity (Wildman–Crippen MR) is 80.2 cm³/mol. The fourth-order valence-corrected chi connectivity index (χ4v) is 1.82. The second-order valence-corrected chi connectivity index (χ2v) is 4.67. The van der Waals surface area contributed by atoms with Crippen molar-refractivity contribution >= 4 is 23.4 Å². The number of fused-ring (bicyclic) bond motifs is 1. The van der Waals surface area contributed by atoms with E-state index in [1.807, 2.05) is 19.0 Å². The van der Waals surface area contributed by atoms with Crippen molar-refractivity contribution in [1.82, 2.24) is 4.90 Å². The van der Waals surface area contributed by atoms with Crippen molar-refractivity contribution in [2.24, 2.45) is 0 Å². The van der Waals surface area contributed by atoms with Crippen LogP contribution in [0.4, 0.5) is 0 Å². The van der Waals surface area contributed by atoms with Gasteiger partial charge in [-0.2, -0.15) is 0 Å². The van der Waals surface area contributed by atoms with Crippen molar-refractivity contribution < 1.29 is 14.3 Å². The van der Waals surface area contributed by atoms with E-state index < -0.39 is 5.63 Å². The van der Waals surface area contributed by atoms with Crippen molar-refractivity contribution in [2.45, 2.75) is 6.92 Å². The molecule has 0 aliphatic carbocycles. The summed E-state index contributed by atoms with van der Waals surface area (Å²) in [6.07, 6.45) is 0. The van der Waals surface area contributed by atoms with Gasteiger partial charge in [-0.15, -0.1) is 12.4 Å². The Morgan fingerprint density at radius 3 is 2.70 bits per heavy atom. The van der Waals surface area contributed by atoms with Crippen molar-refractivity contribution in [3.8, 4) is 11.5 Å². The first-order valence-electron chi connectivity index (χ1n) is 6.03. The Morgan fingerprint density at radius 2 is 2.05 bits per heavy atom. The third kappa shape index (κ3) is 3.43. The molecule has 2 aromatic rings. The Bertz CT molecular complexity index is 651. The number of aryl methyl sites for hydroxylation is 1. The van der Waals surface area contributed by atoms with Gasteiger partial charge in [0.05, 0.1) is 11.5 Å². The Labute approximate surface area is 123 Å². The highest BCUT2D eigenvalue weighted by atomic mass is 35.5. The summed E-state index contributed by atoms with van der Waals surface area (Å²) in [4.78, 5) is 13.3. The topological polar surface area (TPSA) is 62.9 Å². The molecule has 0 saturated carbocycles. The number of halogens is 1. The third-order valence-corrected chi connectivity index (χ3v) is 2.89. The van der Waals surface area contributed by atoms with E-state index in [0.717, 1.165) is 12.6 Å². The zero-order valence-electron chi connectivity index (χ0n) is 11.7. The summed E-state index contributed by atoms with van der Waals surface area (Å²) < 4.78 is 10.8. The lowest BCUT2D eigenvalue weighted by Crippen LogP contribution is -2.19. The normalized spacial score (nSPS) is 10.6. The minimum absolute atomic E-state index is 0. The molecule has 0 spiro atoms. The maximum Gasteiger partial charge on any atom is 0.339 e. The Balaban J connectivity index is 0.00000200. The standard InChI is InChI=1S/C14H17NO4.ClH/c1-9-12(18-7-6-15(2)3)5-4-10-11(16)8-13(17)19-14(9)10;/h4-5,8,16H,6-7H2,1-3H3;1H. The number of hydrogen-bond acceptors (Lipinski definition) is 5. The fourth-order valence-electron chi connectivity index (χ4n) is 1.82. The maximum absolute atomic E-state index is 11.3. The van der Waals surface area contributed by atoms with Crippen molar-refractivity contribution in [3.05, 3.63) is 34.2 Å². The molecule has 0 aliphatic rings. The molecule has 1 heterocycles. The van der Waals surface area contributed by atoms with Crippen LogP contribution in [0.25, 0.3) is 11.0 Å². The van der Waals surface area contributed by atoms with Crippen molar-refractivity contribution in [3.63, 3.8) is 0 Å². The van der Waals surface area contributed by atoms with Crippen LogP contribution >= 0.6 is 12.4 Å². The van der Waals surface area contributed by atoms with Crippen LogP contribution in [0.15, 0.2) is 27.4 Å². The molecular formula is C14H18ClNO4. The minimum Gasteiger partial charge on any atom is -0.507 e. The van der Waals surface area contributed by atoms with Gasteiger partial charge >= 0.3 is 5.63 Å². The lowest BCUT2D eigenvalue weighted by molar-refractivity contribution is 0.260. The van der Waals surface area contributed by atoms with Gasteiger partial charge in [0.25, 0.3) is 0 Å². The van der Waals surface area contributed by atoms with Gasteiger partial charge in [-0.1, -0.05) is 0 Å². The molecule has 1 aromatic carbocycles. The molecule has 6 heteroatoms. The lowest BCUT2D eigenvalue weighted by Gasteiger charge is -2.13. The monoisotopic (exact) mass is 299 g/mol. The van der Waals surface area contributed by atoms with E-state index in [4.69, 9.17) is 9.15 Å². The molecule has 0 unspecified atom stereocenters. The minimum atomic E-state index is -0.571. The highest BCUT2D eigenvalue weighted by Crippen LogP contribution is 2.30.